The molecule has 2 aliphatic rings. The molecule has 1 aliphatic heterocycles. The smallest absolute Gasteiger partial charge is 0.242 e. The van der Waals surface area contributed by atoms with Crippen molar-refractivity contribution in [3.05, 3.63) is 35.4 Å². The Kier molecular flexibility index (Phi) is 5.13. The largest absolute Gasteiger partial charge is 0.383 e. The molecular weight excluding hydrogens is 316 g/mol. The number of hydrogen-bond acceptors (Lipinski definition) is 3. The number of benzene rings is 1. The van der Waals surface area contributed by atoms with Gasteiger partial charge in [0.25, 0.3) is 0 Å². The van der Waals surface area contributed by atoms with Gasteiger partial charge in [-0.05, 0) is 43.2 Å². The van der Waals surface area contributed by atoms with Gasteiger partial charge in [0.1, 0.15) is 11.6 Å². The third-order valence-electron chi connectivity index (χ3n) is 5.44. The van der Waals surface area contributed by atoms with E-state index >= 15 is 0 Å². The second kappa shape index (κ2) is 7.16. The summed E-state index contributed by atoms with van der Waals surface area (Å²) in [6.07, 6.45) is 4.06. The lowest BCUT2D eigenvalue weighted by atomic mass is 9.79. The normalized spacial score (nSPS) is 25.8. The second-order valence-electron chi connectivity index (χ2n) is 7.60. The maximum Gasteiger partial charge on any atom is 0.242 e. The van der Waals surface area contributed by atoms with Crippen LogP contribution in [-0.2, 0) is 21.6 Å². The average Bonchev–Trinajstić information content (AvgIpc) is 3.09. The molecule has 5 nitrogen and oxygen atoms in total. The highest BCUT2D eigenvalue weighted by Crippen LogP contribution is 2.34. The Labute approximate surface area is 149 Å². The van der Waals surface area contributed by atoms with Crippen molar-refractivity contribution in [3.8, 4) is 0 Å². The topological polar surface area (TPSA) is 69.6 Å². The van der Waals surface area contributed by atoms with Gasteiger partial charge >= 0.3 is 0 Å². The van der Waals surface area contributed by atoms with Crippen molar-refractivity contribution >= 4 is 11.8 Å². The molecule has 136 valence electrons. The van der Waals surface area contributed by atoms with Crippen molar-refractivity contribution in [2.45, 2.75) is 57.6 Å². The average molecular weight is 344 g/mol. The van der Waals surface area contributed by atoms with Crippen LogP contribution in [0.1, 0.15) is 50.7 Å². The summed E-state index contributed by atoms with van der Waals surface area (Å²) >= 11 is 0. The van der Waals surface area contributed by atoms with E-state index in [2.05, 4.69) is 5.32 Å². The first-order valence-corrected chi connectivity index (χ1v) is 9.31. The molecule has 5 heteroatoms. The minimum absolute atomic E-state index is 0.0272. The Morgan fingerprint density at radius 3 is 2.84 bits per heavy atom. The predicted molar refractivity (Wildman–Crippen MR) is 95.9 cm³/mol. The highest BCUT2D eigenvalue weighted by atomic mass is 16.3. The predicted octanol–water partition coefficient (Wildman–Crippen LogP) is 1.97. The fourth-order valence-corrected chi connectivity index (χ4v) is 4.07. The number of nitrogens with one attached hydrogen (secondary N) is 1. The number of likely N-dealkylation sites (tertiary alicyclic amines) is 1. The van der Waals surface area contributed by atoms with Crippen LogP contribution in [0.4, 0.5) is 0 Å². The summed E-state index contributed by atoms with van der Waals surface area (Å²) in [4.78, 5) is 26.6. The molecule has 0 radical (unpaired) electrons. The first kappa shape index (κ1) is 17.9. The van der Waals surface area contributed by atoms with Crippen LogP contribution in [0.25, 0.3) is 0 Å². The van der Waals surface area contributed by atoms with E-state index in [4.69, 9.17) is 0 Å². The van der Waals surface area contributed by atoms with Crippen molar-refractivity contribution in [3.63, 3.8) is 0 Å². The summed E-state index contributed by atoms with van der Waals surface area (Å²) in [6, 6.07) is 7.50. The van der Waals surface area contributed by atoms with Gasteiger partial charge < -0.3 is 15.3 Å². The molecule has 1 fully saturated rings. The highest BCUT2D eigenvalue weighted by molar-refractivity contribution is 5.88. The number of fused-ring (bicyclic) bond motifs is 1. The molecule has 0 saturated carbocycles. The lowest BCUT2D eigenvalue weighted by Crippen LogP contribution is -2.50. The maximum absolute atomic E-state index is 12.7. The van der Waals surface area contributed by atoms with Gasteiger partial charge in [-0.15, -0.1) is 0 Å². The molecule has 1 aromatic rings. The zero-order valence-corrected chi connectivity index (χ0v) is 15.1. The van der Waals surface area contributed by atoms with E-state index in [0.717, 1.165) is 30.4 Å². The standard InChI is InChI=1S/C20H28N2O3/c1-14(2)19(24)22-12-6-10-17(22)18(23)21-13-20(25)11-5-8-15-7-3-4-9-16(15)20/h3-4,7,9,14,17,25H,5-6,8,10-13H2,1-2H3,(H,21,23). The van der Waals surface area contributed by atoms with Gasteiger partial charge in [-0.25, -0.2) is 0 Å². The molecule has 1 heterocycles. The second-order valence-corrected chi connectivity index (χ2v) is 7.60. The van der Waals surface area contributed by atoms with Crippen molar-refractivity contribution in [2.24, 2.45) is 5.92 Å². The molecular formula is C20H28N2O3. The molecule has 25 heavy (non-hydrogen) atoms. The molecule has 0 bridgehead atoms. The molecule has 0 aromatic heterocycles. The monoisotopic (exact) mass is 344 g/mol. The Hall–Kier alpha value is -1.88. The van der Waals surface area contributed by atoms with Crippen LogP contribution in [0, 0.1) is 5.92 Å². The third kappa shape index (κ3) is 3.56. The number of amides is 2. The van der Waals surface area contributed by atoms with Gasteiger partial charge in [-0.3, -0.25) is 9.59 Å². The van der Waals surface area contributed by atoms with E-state index in [1.165, 1.54) is 0 Å². The molecule has 2 amide bonds. The fraction of sp³-hybridized carbons (Fsp3) is 0.600. The van der Waals surface area contributed by atoms with Crippen LogP contribution < -0.4 is 5.32 Å². The Morgan fingerprint density at radius 2 is 2.08 bits per heavy atom. The lowest BCUT2D eigenvalue weighted by Gasteiger charge is -2.35. The fourth-order valence-electron chi connectivity index (χ4n) is 4.07. The van der Waals surface area contributed by atoms with Gasteiger partial charge in [-0.2, -0.15) is 0 Å². The molecule has 3 rings (SSSR count). The minimum atomic E-state index is -1.02. The number of aryl methyl sites for hydroxylation is 1. The summed E-state index contributed by atoms with van der Waals surface area (Å²) in [6.45, 7) is 4.56. The van der Waals surface area contributed by atoms with Crippen LogP contribution in [0.15, 0.2) is 24.3 Å². The van der Waals surface area contributed by atoms with E-state index in [-0.39, 0.29) is 24.3 Å². The Balaban J connectivity index is 1.67. The van der Waals surface area contributed by atoms with E-state index in [0.29, 0.717) is 19.4 Å². The molecule has 2 atom stereocenters. The van der Waals surface area contributed by atoms with Crippen molar-refractivity contribution in [1.82, 2.24) is 10.2 Å². The number of hydrogen-bond donors (Lipinski definition) is 2. The van der Waals surface area contributed by atoms with Crippen LogP contribution in [-0.4, -0.2) is 41.0 Å². The minimum Gasteiger partial charge on any atom is -0.383 e. The summed E-state index contributed by atoms with van der Waals surface area (Å²) in [5.41, 5.74) is 1.06. The van der Waals surface area contributed by atoms with E-state index in [1.807, 2.05) is 38.1 Å². The first-order chi connectivity index (χ1) is 11.9. The zero-order valence-electron chi connectivity index (χ0n) is 15.1. The number of carbonyl (C=O) groups excluding carboxylic acids is 2. The molecule has 1 aromatic carbocycles. The number of aliphatic hydroxyl groups is 1. The SMILES string of the molecule is CC(C)C(=O)N1CCCC1C(=O)NCC1(O)CCCc2ccccc21. The van der Waals surface area contributed by atoms with Gasteiger partial charge in [0, 0.05) is 12.5 Å². The zero-order chi connectivity index (χ0) is 18.0. The van der Waals surface area contributed by atoms with Gasteiger partial charge in [0.15, 0.2) is 0 Å². The van der Waals surface area contributed by atoms with Crippen LogP contribution in [0.5, 0.6) is 0 Å². The van der Waals surface area contributed by atoms with Crippen LogP contribution in [0.2, 0.25) is 0 Å². The van der Waals surface area contributed by atoms with Gasteiger partial charge in [0.2, 0.25) is 11.8 Å². The molecule has 1 saturated heterocycles. The summed E-state index contributed by atoms with van der Waals surface area (Å²) < 4.78 is 0. The molecule has 1 aliphatic carbocycles. The number of rotatable bonds is 4. The molecule has 2 unspecified atom stereocenters. The Morgan fingerprint density at radius 1 is 1.32 bits per heavy atom. The lowest BCUT2D eigenvalue weighted by molar-refractivity contribution is -0.141. The maximum atomic E-state index is 12.7. The molecule has 2 N–H and O–H groups in total. The van der Waals surface area contributed by atoms with E-state index in [9.17, 15) is 14.7 Å². The first-order valence-electron chi connectivity index (χ1n) is 9.31. The highest BCUT2D eigenvalue weighted by Gasteiger charge is 2.38. The quantitative estimate of drug-likeness (QED) is 0.877. The van der Waals surface area contributed by atoms with Gasteiger partial charge in [0.05, 0.1) is 6.54 Å². The van der Waals surface area contributed by atoms with Crippen molar-refractivity contribution in [1.29, 1.82) is 0 Å². The number of nitrogens with zero attached hydrogens (tertiary/aromatic N) is 1. The van der Waals surface area contributed by atoms with E-state index < -0.39 is 11.6 Å². The summed E-state index contributed by atoms with van der Waals surface area (Å²) in [7, 11) is 0. The van der Waals surface area contributed by atoms with Crippen LogP contribution in [0.3, 0.4) is 0 Å². The Bertz CT molecular complexity index is 658. The third-order valence-corrected chi connectivity index (χ3v) is 5.44. The van der Waals surface area contributed by atoms with E-state index in [1.54, 1.807) is 4.90 Å². The van der Waals surface area contributed by atoms with Crippen LogP contribution >= 0.6 is 0 Å². The molecule has 0 spiro atoms. The number of carbonyl (C=O) groups is 2. The summed E-state index contributed by atoms with van der Waals surface area (Å²) in [5.74, 6) is -0.231. The summed E-state index contributed by atoms with van der Waals surface area (Å²) in [5, 5.41) is 14.0. The van der Waals surface area contributed by atoms with Crippen molar-refractivity contribution < 1.29 is 14.7 Å². The van der Waals surface area contributed by atoms with Gasteiger partial charge in [-0.1, -0.05) is 38.1 Å². The van der Waals surface area contributed by atoms with Crippen molar-refractivity contribution in [2.75, 3.05) is 13.1 Å².